The second kappa shape index (κ2) is 12.5. The van der Waals surface area contributed by atoms with E-state index in [9.17, 15) is 0 Å². The third-order valence-electron chi connectivity index (χ3n) is 10.3. The molecular weight excluding hydrogens is 633 g/mol. The summed E-state index contributed by atoms with van der Waals surface area (Å²) < 4.78 is 2.49. The number of fused-ring (bicyclic) bond motifs is 7. The summed E-state index contributed by atoms with van der Waals surface area (Å²) in [6.07, 6.45) is 9.14. The summed E-state index contributed by atoms with van der Waals surface area (Å²) in [4.78, 5) is 12.6. The molecule has 3 heterocycles. The number of para-hydroxylation sites is 3. The Bertz CT molecular complexity index is 2560. The zero-order chi connectivity index (χ0) is 34.4. The average molecular weight is 667 g/mol. The van der Waals surface area contributed by atoms with Gasteiger partial charge in [0, 0.05) is 61.9 Å². The van der Waals surface area contributed by atoms with Gasteiger partial charge in [0.1, 0.15) is 0 Å². The van der Waals surface area contributed by atoms with Gasteiger partial charge in [-0.3, -0.25) is 0 Å². The van der Waals surface area contributed by atoms with Crippen LogP contribution in [-0.2, 0) is 0 Å². The molecule has 4 heteroatoms. The molecule has 6 aromatic carbocycles. The van der Waals surface area contributed by atoms with E-state index in [-0.39, 0.29) is 12.0 Å². The molecule has 2 atom stereocenters. The van der Waals surface area contributed by atoms with Crippen molar-refractivity contribution in [2.45, 2.75) is 12.0 Å². The van der Waals surface area contributed by atoms with Gasteiger partial charge in [-0.15, -0.1) is 0 Å². The van der Waals surface area contributed by atoms with Gasteiger partial charge in [0.05, 0.1) is 22.9 Å². The largest absolute Gasteiger partial charge is 0.333 e. The first kappa shape index (κ1) is 30.1. The maximum Gasteiger partial charge on any atom is 0.160 e. The van der Waals surface area contributed by atoms with E-state index in [1.165, 1.54) is 39.1 Å². The van der Waals surface area contributed by atoms with E-state index in [4.69, 9.17) is 9.97 Å². The van der Waals surface area contributed by atoms with Crippen LogP contribution in [0.5, 0.6) is 0 Å². The minimum atomic E-state index is 0.0889. The van der Waals surface area contributed by atoms with Gasteiger partial charge in [-0.05, 0) is 42.5 Å². The van der Waals surface area contributed by atoms with E-state index >= 15 is 0 Å². The first-order valence-electron chi connectivity index (χ1n) is 17.8. The van der Waals surface area contributed by atoms with Gasteiger partial charge in [-0.25, -0.2) is 9.97 Å². The number of hydrogen-bond acceptors (Lipinski definition) is 3. The number of benzene rings is 6. The minimum absolute atomic E-state index is 0.0889. The topological polar surface area (TPSA) is 34.0 Å². The second-order valence-electron chi connectivity index (χ2n) is 13.4. The summed E-state index contributed by atoms with van der Waals surface area (Å²) in [5.41, 5.74) is 13.4. The fourth-order valence-electron chi connectivity index (χ4n) is 8.04. The molecule has 0 bridgehead atoms. The van der Waals surface area contributed by atoms with Gasteiger partial charge in [0.25, 0.3) is 0 Å². The molecule has 0 saturated carbocycles. The van der Waals surface area contributed by atoms with Crippen LogP contribution in [0.25, 0.3) is 61.6 Å². The predicted molar refractivity (Wildman–Crippen MR) is 214 cm³/mol. The summed E-state index contributed by atoms with van der Waals surface area (Å²) in [5, 5.41) is 1.25. The van der Waals surface area contributed by atoms with Crippen molar-refractivity contribution < 1.29 is 0 Å². The normalized spacial score (nSPS) is 15.9. The van der Waals surface area contributed by atoms with Gasteiger partial charge in [0.2, 0.25) is 0 Å². The summed E-state index contributed by atoms with van der Waals surface area (Å²) in [5.74, 6) is 0.816. The zero-order valence-electron chi connectivity index (χ0n) is 28.4. The lowest BCUT2D eigenvalue weighted by Crippen LogP contribution is -2.35. The van der Waals surface area contributed by atoms with Crippen LogP contribution in [-0.4, -0.2) is 20.6 Å². The number of anilines is 2. The molecule has 0 saturated heterocycles. The Morgan fingerprint density at radius 2 is 1.08 bits per heavy atom. The smallest absolute Gasteiger partial charge is 0.160 e. The summed E-state index contributed by atoms with van der Waals surface area (Å²) in [7, 11) is 0. The highest BCUT2D eigenvalue weighted by molar-refractivity contribution is 6.04. The van der Waals surface area contributed by atoms with E-state index in [2.05, 4.69) is 179 Å². The molecule has 1 aliphatic heterocycles. The van der Waals surface area contributed by atoms with Crippen molar-refractivity contribution in [2.75, 3.05) is 4.90 Å². The van der Waals surface area contributed by atoms with Crippen molar-refractivity contribution in [3.05, 3.63) is 200 Å². The maximum absolute atomic E-state index is 5.10. The van der Waals surface area contributed by atoms with Crippen LogP contribution in [0, 0.1) is 0 Å². The number of rotatable bonds is 5. The highest BCUT2D eigenvalue weighted by Gasteiger charge is 2.38. The Balaban J connectivity index is 1.16. The Morgan fingerprint density at radius 3 is 1.83 bits per heavy atom. The third kappa shape index (κ3) is 4.99. The van der Waals surface area contributed by atoms with E-state index < -0.39 is 0 Å². The standard InChI is InChI=1S/C48H34N4/c1-4-16-33(17-5-1)41-32-42(50-48(49-41)35-18-6-2-7-19-35)34-28-30-37(31-29-34)52-44-26-14-11-23-39(44)46-38-22-10-13-25-43(38)51(36-20-8-3-9-21-36)45-27-15-12-24-40(45)47(46)52/h1-32,40,45H. The van der Waals surface area contributed by atoms with E-state index in [1.807, 2.05) is 24.3 Å². The molecule has 52 heavy (non-hydrogen) atoms. The highest BCUT2D eigenvalue weighted by atomic mass is 15.2. The highest BCUT2D eigenvalue weighted by Crippen LogP contribution is 2.52. The molecule has 2 unspecified atom stereocenters. The average Bonchev–Trinajstić information content (AvgIpc) is 3.51. The second-order valence-corrected chi connectivity index (χ2v) is 13.4. The Kier molecular flexibility index (Phi) is 7.24. The molecule has 2 aliphatic rings. The molecule has 4 nitrogen and oxygen atoms in total. The molecule has 246 valence electrons. The molecular formula is C48H34N4. The van der Waals surface area contributed by atoms with Crippen molar-refractivity contribution in [2.24, 2.45) is 0 Å². The van der Waals surface area contributed by atoms with Crippen molar-refractivity contribution in [3.63, 3.8) is 0 Å². The number of allylic oxidation sites excluding steroid dienone is 2. The third-order valence-corrected chi connectivity index (χ3v) is 10.3. The minimum Gasteiger partial charge on any atom is -0.333 e. The molecule has 10 rings (SSSR count). The van der Waals surface area contributed by atoms with Crippen LogP contribution in [0.15, 0.2) is 194 Å². The molecule has 0 radical (unpaired) electrons. The Hall–Kier alpha value is -6.78. The van der Waals surface area contributed by atoms with Crippen molar-refractivity contribution in [1.82, 2.24) is 14.5 Å². The molecule has 2 aromatic heterocycles. The SMILES string of the molecule is C1=CC2c3c(c4ccccc4n3-c3ccc(-c4cc(-c5ccccc5)nc(-c5ccccc5)n4)cc3)-c3ccccc3N(c3ccccc3)C2C=C1. The summed E-state index contributed by atoms with van der Waals surface area (Å²) in [6, 6.07) is 60.2. The maximum atomic E-state index is 5.10. The lowest BCUT2D eigenvalue weighted by atomic mass is 9.88. The number of aromatic nitrogens is 3. The van der Waals surface area contributed by atoms with Crippen molar-refractivity contribution in [3.8, 4) is 50.7 Å². The van der Waals surface area contributed by atoms with Gasteiger partial charge in [-0.1, -0.05) is 152 Å². The van der Waals surface area contributed by atoms with Crippen molar-refractivity contribution >= 4 is 22.3 Å². The summed E-state index contributed by atoms with van der Waals surface area (Å²) in [6.45, 7) is 0. The monoisotopic (exact) mass is 666 g/mol. The summed E-state index contributed by atoms with van der Waals surface area (Å²) >= 11 is 0. The quantitative estimate of drug-likeness (QED) is 0.183. The predicted octanol–water partition coefficient (Wildman–Crippen LogP) is 11.8. The lowest BCUT2D eigenvalue weighted by molar-refractivity contribution is 0.672. The molecule has 0 fully saturated rings. The van der Waals surface area contributed by atoms with Gasteiger partial charge < -0.3 is 9.47 Å². The molecule has 8 aromatic rings. The van der Waals surface area contributed by atoms with Crippen LogP contribution in [0.2, 0.25) is 0 Å². The van der Waals surface area contributed by atoms with Crippen LogP contribution in [0.3, 0.4) is 0 Å². The fourth-order valence-corrected chi connectivity index (χ4v) is 8.04. The van der Waals surface area contributed by atoms with Crippen molar-refractivity contribution in [1.29, 1.82) is 0 Å². The van der Waals surface area contributed by atoms with E-state index in [0.29, 0.717) is 5.82 Å². The lowest BCUT2D eigenvalue weighted by Gasteiger charge is -2.36. The first-order valence-corrected chi connectivity index (χ1v) is 17.8. The van der Waals surface area contributed by atoms with Crippen LogP contribution in [0.1, 0.15) is 11.6 Å². The van der Waals surface area contributed by atoms with E-state index in [0.717, 1.165) is 33.8 Å². The molecule has 0 amide bonds. The molecule has 1 aliphatic carbocycles. The zero-order valence-corrected chi connectivity index (χ0v) is 28.4. The van der Waals surface area contributed by atoms with E-state index in [1.54, 1.807) is 0 Å². The molecule has 0 N–H and O–H groups in total. The van der Waals surface area contributed by atoms with Crippen LogP contribution in [0.4, 0.5) is 11.4 Å². The van der Waals surface area contributed by atoms with Gasteiger partial charge >= 0.3 is 0 Å². The van der Waals surface area contributed by atoms with Gasteiger partial charge in [0.15, 0.2) is 5.82 Å². The number of hydrogen-bond donors (Lipinski definition) is 0. The van der Waals surface area contributed by atoms with Gasteiger partial charge in [-0.2, -0.15) is 0 Å². The fraction of sp³-hybridized carbons (Fsp3) is 0.0417. The molecule has 0 spiro atoms. The Labute approximate surface area is 303 Å². The Morgan fingerprint density at radius 1 is 0.481 bits per heavy atom. The number of nitrogens with zero attached hydrogens (tertiary/aromatic N) is 4. The van der Waals surface area contributed by atoms with Crippen LogP contribution >= 0.6 is 0 Å². The van der Waals surface area contributed by atoms with Crippen LogP contribution < -0.4 is 4.90 Å². The first-order chi connectivity index (χ1) is 25.8.